The van der Waals surface area contributed by atoms with Gasteiger partial charge in [0, 0.05) is 17.3 Å². The van der Waals surface area contributed by atoms with Gasteiger partial charge < -0.3 is 0 Å². The molecule has 0 N–H and O–H groups in total. The maximum absolute atomic E-state index is 4.59. The predicted octanol–water partition coefficient (Wildman–Crippen LogP) is 3.93. The minimum Gasteiger partial charge on any atom is -0.258 e. The van der Waals surface area contributed by atoms with E-state index in [1.807, 2.05) is 0 Å². The molecule has 1 atom stereocenters. The van der Waals surface area contributed by atoms with E-state index < -0.39 is 0 Å². The lowest BCUT2D eigenvalue weighted by Crippen LogP contribution is -2.19. The Kier molecular flexibility index (Phi) is 3.30. The van der Waals surface area contributed by atoms with Gasteiger partial charge in [-0.3, -0.25) is 4.98 Å². The molecule has 0 aliphatic carbocycles. The number of aryl methyl sites for hydroxylation is 1. The summed E-state index contributed by atoms with van der Waals surface area (Å²) in [7, 11) is 0. The minimum absolute atomic E-state index is 0.334. The number of pyridine rings is 1. The summed E-state index contributed by atoms with van der Waals surface area (Å²) in [5.74, 6) is 0.521. The number of aromatic nitrogens is 1. The SMILES string of the molecule is CCC(C)(C)[C@H](C)c1cccc(C)n1. The van der Waals surface area contributed by atoms with Crippen molar-refractivity contribution in [3.05, 3.63) is 29.6 Å². The maximum atomic E-state index is 4.59. The Morgan fingerprint density at radius 1 is 1.36 bits per heavy atom. The first-order valence-corrected chi connectivity index (χ1v) is 5.41. The monoisotopic (exact) mass is 191 g/mol. The third kappa shape index (κ3) is 2.34. The lowest BCUT2D eigenvalue weighted by Gasteiger charge is -2.30. The van der Waals surface area contributed by atoms with Crippen LogP contribution in [0.4, 0.5) is 0 Å². The topological polar surface area (TPSA) is 12.9 Å². The highest BCUT2D eigenvalue weighted by molar-refractivity contribution is 5.15. The fraction of sp³-hybridized carbons (Fsp3) is 0.615. The van der Waals surface area contributed by atoms with Crippen molar-refractivity contribution in [1.82, 2.24) is 4.98 Å². The molecule has 0 saturated carbocycles. The van der Waals surface area contributed by atoms with Crippen LogP contribution in [-0.2, 0) is 0 Å². The van der Waals surface area contributed by atoms with Crippen LogP contribution in [-0.4, -0.2) is 4.98 Å². The van der Waals surface area contributed by atoms with Gasteiger partial charge >= 0.3 is 0 Å². The van der Waals surface area contributed by atoms with Crippen LogP contribution in [0.3, 0.4) is 0 Å². The van der Waals surface area contributed by atoms with E-state index in [0.29, 0.717) is 11.3 Å². The highest BCUT2D eigenvalue weighted by Gasteiger charge is 2.25. The molecule has 1 nitrogen and oxygen atoms in total. The third-order valence-electron chi connectivity index (χ3n) is 3.44. The summed E-state index contributed by atoms with van der Waals surface area (Å²) in [6.45, 7) is 11.2. The molecule has 0 amide bonds. The van der Waals surface area contributed by atoms with Gasteiger partial charge in [0.15, 0.2) is 0 Å². The average molecular weight is 191 g/mol. The second-order valence-electron chi connectivity index (χ2n) is 4.77. The molecule has 14 heavy (non-hydrogen) atoms. The van der Waals surface area contributed by atoms with Crippen LogP contribution < -0.4 is 0 Å². The zero-order valence-electron chi connectivity index (χ0n) is 9.96. The van der Waals surface area contributed by atoms with E-state index in [0.717, 1.165) is 5.69 Å². The molecule has 0 aliphatic rings. The molecule has 0 bridgehead atoms. The molecular formula is C13H21N. The Morgan fingerprint density at radius 3 is 2.50 bits per heavy atom. The Hall–Kier alpha value is -0.850. The Bertz CT molecular complexity index is 302. The number of hydrogen-bond acceptors (Lipinski definition) is 1. The standard InChI is InChI=1S/C13H21N/c1-6-13(4,5)11(3)12-9-7-8-10(2)14-12/h7-9,11H,6H2,1-5H3/t11-/m1/s1. The van der Waals surface area contributed by atoms with Crippen molar-refractivity contribution in [2.24, 2.45) is 5.41 Å². The zero-order chi connectivity index (χ0) is 10.8. The second-order valence-corrected chi connectivity index (χ2v) is 4.77. The van der Waals surface area contributed by atoms with E-state index in [9.17, 15) is 0 Å². The summed E-state index contributed by atoms with van der Waals surface area (Å²) >= 11 is 0. The summed E-state index contributed by atoms with van der Waals surface area (Å²) in [5, 5.41) is 0. The van der Waals surface area contributed by atoms with Gasteiger partial charge in [-0.15, -0.1) is 0 Å². The number of nitrogens with zero attached hydrogens (tertiary/aromatic N) is 1. The third-order valence-corrected chi connectivity index (χ3v) is 3.44. The minimum atomic E-state index is 0.334. The van der Waals surface area contributed by atoms with Gasteiger partial charge in [-0.1, -0.05) is 40.2 Å². The van der Waals surface area contributed by atoms with Crippen LogP contribution in [0.15, 0.2) is 18.2 Å². The van der Waals surface area contributed by atoms with Crippen LogP contribution >= 0.6 is 0 Å². The van der Waals surface area contributed by atoms with Crippen molar-refractivity contribution in [3.63, 3.8) is 0 Å². The van der Waals surface area contributed by atoms with E-state index in [1.54, 1.807) is 0 Å². The molecule has 1 heteroatoms. The van der Waals surface area contributed by atoms with Gasteiger partial charge in [0.25, 0.3) is 0 Å². The van der Waals surface area contributed by atoms with Crippen LogP contribution in [0.1, 0.15) is 51.4 Å². The lowest BCUT2D eigenvalue weighted by molar-refractivity contribution is 0.284. The number of hydrogen-bond donors (Lipinski definition) is 0. The van der Waals surface area contributed by atoms with Gasteiger partial charge in [-0.05, 0) is 24.5 Å². The van der Waals surface area contributed by atoms with E-state index in [-0.39, 0.29) is 0 Å². The quantitative estimate of drug-likeness (QED) is 0.705. The molecule has 1 rings (SSSR count). The highest BCUT2D eigenvalue weighted by Crippen LogP contribution is 2.36. The van der Waals surface area contributed by atoms with Crippen molar-refractivity contribution < 1.29 is 0 Å². The second kappa shape index (κ2) is 4.12. The molecule has 0 aromatic carbocycles. The van der Waals surface area contributed by atoms with Crippen LogP contribution in [0.5, 0.6) is 0 Å². The molecule has 78 valence electrons. The van der Waals surface area contributed by atoms with E-state index in [1.165, 1.54) is 12.1 Å². The normalized spacial score (nSPS) is 14.1. The van der Waals surface area contributed by atoms with Crippen molar-refractivity contribution >= 4 is 0 Å². The van der Waals surface area contributed by atoms with Crippen LogP contribution in [0.25, 0.3) is 0 Å². The molecule has 0 saturated heterocycles. The summed E-state index contributed by atoms with van der Waals surface area (Å²) in [5.41, 5.74) is 2.67. The molecule has 0 fully saturated rings. The summed E-state index contributed by atoms with van der Waals surface area (Å²) in [4.78, 5) is 4.59. The van der Waals surface area contributed by atoms with Gasteiger partial charge in [0.05, 0.1) is 0 Å². The Balaban J connectivity index is 2.94. The molecule has 0 radical (unpaired) electrons. The zero-order valence-corrected chi connectivity index (χ0v) is 9.96. The fourth-order valence-electron chi connectivity index (χ4n) is 1.51. The van der Waals surface area contributed by atoms with Crippen molar-refractivity contribution in [2.75, 3.05) is 0 Å². The highest BCUT2D eigenvalue weighted by atomic mass is 14.7. The molecule has 1 aromatic rings. The largest absolute Gasteiger partial charge is 0.258 e. The molecule has 0 aliphatic heterocycles. The molecule has 1 aromatic heterocycles. The summed E-state index contributed by atoms with van der Waals surface area (Å²) in [6.07, 6.45) is 1.18. The van der Waals surface area contributed by atoms with Crippen LogP contribution in [0.2, 0.25) is 0 Å². The summed E-state index contributed by atoms with van der Waals surface area (Å²) in [6, 6.07) is 6.28. The van der Waals surface area contributed by atoms with Crippen molar-refractivity contribution in [2.45, 2.75) is 47.0 Å². The van der Waals surface area contributed by atoms with Crippen molar-refractivity contribution in [3.8, 4) is 0 Å². The molecular weight excluding hydrogens is 170 g/mol. The lowest BCUT2D eigenvalue weighted by atomic mass is 9.76. The van der Waals surface area contributed by atoms with Crippen LogP contribution in [0, 0.1) is 12.3 Å². The average Bonchev–Trinajstić information content (AvgIpc) is 2.16. The van der Waals surface area contributed by atoms with Gasteiger partial charge in [-0.2, -0.15) is 0 Å². The first-order chi connectivity index (χ1) is 6.47. The predicted molar refractivity (Wildman–Crippen MR) is 61.5 cm³/mol. The smallest absolute Gasteiger partial charge is 0.0440 e. The fourth-order valence-corrected chi connectivity index (χ4v) is 1.51. The van der Waals surface area contributed by atoms with Gasteiger partial charge in [0.2, 0.25) is 0 Å². The van der Waals surface area contributed by atoms with E-state index in [2.05, 4.69) is 57.8 Å². The van der Waals surface area contributed by atoms with Gasteiger partial charge in [0.1, 0.15) is 0 Å². The first kappa shape index (κ1) is 11.2. The van der Waals surface area contributed by atoms with Crippen molar-refractivity contribution in [1.29, 1.82) is 0 Å². The first-order valence-electron chi connectivity index (χ1n) is 5.41. The van der Waals surface area contributed by atoms with Gasteiger partial charge in [-0.25, -0.2) is 0 Å². The molecule has 0 unspecified atom stereocenters. The van der Waals surface area contributed by atoms with E-state index in [4.69, 9.17) is 0 Å². The summed E-state index contributed by atoms with van der Waals surface area (Å²) < 4.78 is 0. The van der Waals surface area contributed by atoms with E-state index >= 15 is 0 Å². The Morgan fingerprint density at radius 2 is 2.00 bits per heavy atom. The molecule has 1 heterocycles. The molecule has 0 spiro atoms. The maximum Gasteiger partial charge on any atom is 0.0440 e. The number of rotatable bonds is 3. The Labute approximate surface area is 87.6 Å².